The number of H-pyrrole nitrogens is 2. The molecule has 0 spiro atoms. The number of benzene rings is 3. The number of nitrogens with zero attached hydrogens (tertiary/aromatic N) is 4. The van der Waals surface area contributed by atoms with Crippen molar-refractivity contribution in [2.24, 2.45) is 11.8 Å². The van der Waals surface area contributed by atoms with Crippen molar-refractivity contribution in [3.63, 3.8) is 0 Å². The monoisotopic (exact) mass is 995 g/mol. The van der Waals surface area contributed by atoms with E-state index in [0.29, 0.717) is 86.1 Å². The Balaban J connectivity index is 1.05. The quantitative estimate of drug-likeness (QED) is 0.0549. The average Bonchev–Trinajstić information content (AvgIpc) is 4.18. The van der Waals surface area contributed by atoms with E-state index in [0.717, 1.165) is 40.8 Å². The standard InChI is InChI=1S/C49H58F5N9O6S/c1-28(2)41(61-48(68)69-5)43(64)49(23-7-24-57-49)46-56-27-37(59-46)31-11-15-33(16-12-31)39-22-21-38(63(39)34-17-19-35(20-18-34)70(50,51,52,53)54)32-13-9-30(10-14-32)36-26-55-44(58-36)40-8-6-25-62(40)45(65)42(29(3)4)60-47(66)67/h9-20,26-29,38-42,57,60H,6-8,21-25H2,1-5H3,(H,55,58)(H,56,59)(H,61,68)(H,66,67)/t38-,39-,40+,41+,42+,49-/m1/s1. The van der Waals surface area contributed by atoms with Gasteiger partial charge in [-0.3, -0.25) is 14.9 Å². The van der Waals surface area contributed by atoms with Gasteiger partial charge in [-0.2, -0.15) is 0 Å². The molecule has 3 saturated heterocycles. The Bertz CT molecular complexity index is 2730. The molecule has 0 aliphatic carbocycles. The van der Waals surface area contributed by atoms with Gasteiger partial charge in [0.15, 0.2) is 5.78 Å². The number of ether oxygens (including phenoxy) is 1. The molecule has 21 heteroatoms. The van der Waals surface area contributed by atoms with Crippen molar-refractivity contribution in [1.82, 2.24) is 40.8 Å². The molecule has 6 N–H and O–H groups in total. The molecule has 15 nitrogen and oxygen atoms in total. The highest BCUT2D eigenvalue weighted by atomic mass is 32.5. The molecule has 3 aliphatic heterocycles. The van der Waals surface area contributed by atoms with Crippen molar-refractivity contribution >= 4 is 39.8 Å². The lowest BCUT2D eigenvalue weighted by Gasteiger charge is -2.41. The third-order valence-electron chi connectivity index (χ3n) is 13.8. The van der Waals surface area contributed by atoms with Crippen LogP contribution in [-0.4, -0.2) is 86.1 Å². The van der Waals surface area contributed by atoms with Crippen LogP contribution in [0.3, 0.4) is 0 Å². The third kappa shape index (κ3) is 10.1. The maximum atomic E-state index is 14.2. The van der Waals surface area contributed by atoms with Gasteiger partial charge in [0, 0.05) is 12.2 Å². The molecule has 0 saturated carbocycles. The first-order valence-electron chi connectivity index (χ1n) is 23.3. The number of amides is 3. The predicted molar refractivity (Wildman–Crippen MR) is 255 cm³/mol. The molecule has 3 aromatic carbocycles. The highest BCUT2D eigenvalue weighted by Gasteiger charge is 2.65. The molecule has 0 bridgehead atoms. The lowest BCUT2D eigenvalue weighted by atomic mass is 9.83. The molecule has 5 aromatic rings. The average molecular weight is 996 g/mol. The molecule has 2 aromatic heterocycles. The molecule has 8 rings (SSSR count). The minimum atomic E-state index is -9.95. The van der Waals surface area contributed by atoms with Gasteiger partial charge >= 0.3 is 22.4 Å². The van der Waals surface area contributed by atoms with Gasteiger partial charge < -0.3 is 40.2 Å². The van der Waals surface area contributed by atoms with E-state index in [2.05, 4.69) is 35.9 Å². The molecular formula is C49H58F5N9O6S. The minimum absolute atomic E-state index is 0.242. The fourth-order valence-electron chi connectivity index (χ4n) is 10.2. The molecule has 3 fully saturated rings. The van der Waals surface area contributed by atoms with E-state index in [9.17, 15) is 43.7 Å². The number of alkyl carbamates (subject to hydrolysis) is 1. The number of aromatic amines is 2. The zero-order chi connectivity index (χ0) is 50.4. The van der Waals surface area contributed by atoms with Gasteiger partial charge in [0.25, 0.3) is 0 Å². The molecule has 376 valence electrons. The second-order valence-corrected chi connectivity index (χ2v) is 21.5. The lowest BCUT2D eigenvalue weighted by Crippen LogP contribution is -2.57. The Morgan fingerprint density at radius 1 is 0.743 bits per heavy atom. The molecule has 3 amide bonds. The van der Waals surface area contributed by atoms with E-state index in [1.54, 1.807) is 31.1 Å². The van der Waals surface area contributed by atoms with E-state index in [4.69, 9.17) is 4.74 Å². The van der Waals surface area contributed by atoms with Crippen LogP contribution in [0.1, 0.15) is 107 Å². The van der Waals surface area contributed by atoms with Crippen LogP contribution in [0.5, 0.6) is 0 Å². The molecule has 0 unspecified atom stereocenters. The summed E-state index contributed by atoms with van der Waals surface area (Å²) >= 11 is 0. The number of nitrogens with one attached hydrogen (secondary N) is 5. The number of carbonyl (C=O) groups excluding carboxylic acids is 3. The number of rotatable bonds is 15. The summed E-state index contributed by atoms with van der Waals surface area (Å²) in [5, 5.41) is 17.7. The summed E-state index contributed by atoms with van der Waals surface area (Å²) in [7, 11) is -8.72. The highest BCUT2D eigenvalue weighted by molar-refractivity contribution is 8.45. The number of carboxylic acid groups (broad SMARTS) is 1. The number of hydrogen-bond acceptors (Lipinski definition) is 9. The van der Waals surface area contributed by atoms with E-state index < -0.39 is 44.9 Å². The highest BCUT2D eigenvalue weighted by Crippen LogP contribution is 3.02. The Hall–Kier alpha value is -6.48. The lowest BCUT2D eigenvalue weighted by molar-refractivity contribution is -0.135. The summed E-state index contributed by atoms with van der Waals surface area (Å²) in [6.45, 7) is 8.25. The summed E-state index contributed by atoms with van der Waals surface area (Å²) < 4.78 is 74.3. The van der Waals surface area contributed by atoms with Gasteiger partial charge in [-0.05, 0) is 103 Å². The summed E-state index contributed by atoms with van der Waals surface area (Å²) in [4.78, 5) is 69.0. The van der Waals surface area contributed by atoms with Gasteiger partial charge in [0.05, 0.1) is 55.1 Å². The van der Waals surface area contributed by atoms with Crippen LogP contribution in [0.2, 0.25) is 0 Å². The number of imidazole rings is 2. The smallest absolute Gasteiger partial charge is 0.407 e. The number of aromatic nitrogens is 4. The maximum Gasteiger partial charge on any atom is 0.407 e. The summed E-state index contributed by atoms with van der Waals surface area (Å²) in [6, 6.07) is 15.4. The first kappa shape index (κ1) is 49.9. The van der Waals surface area contributed by atoms with Crippen molar-refractivity contribution in [2.45, 2.75) is 107 Å². The minimum Gasteiger partial charge on any atom is -0.465 e. The Labute approximate surface area is 402 Å². The van der Waals surface area contributed by atoms with Crippen LogP contribution in [0.15, 0.2) is 90.1 Å². The van der Waals surface area contributed by atoms with Gasteiger partial charge in [-0.15, -0.1) is 0 Å². The van der Waals surface area contributed by atoms with Crippen molar-refractivity contribution < 1.29 is 48.5 Å². The molecule has 70 heavy (non-hydrogen) atoms. The van der Waals surface area contributed by atoms with Crippen LogP contribution in [0, 0.1) is 11.8 Å². The van der Waals surface area contributed by atoms with Crippen LogP contribution in [0.25, 0.3) is 22.5 Å². The summed E-state index contributed by atoms with van der Waals surface area (Å²) in [6.07, 6.45) is 4.99. The van der Waals surface area contributed by atoms with Crippen LogP contribution >= 0.6 is 10.2 Å². The van der Waals surface area contributed by atoms with Gasteiger partial charge in [-0.1, -0.05) is 95.7 Å². The fourth-order valence-corrected chi connectivity index (χ4v) is 10.9. The number of methoxy groups -OCH3 is 1. The molecule has 6 atom stereocenters. The Kier molecular flexibility index (Phi) is 13.1. The van der Waals surface area contributed by atoms with Crippen LogP contribution < -0.4 is 20.9 Å². The number of Topliss-reactive ketones (excluding diaryl/α,β-unsaturated/α-hetero) is 1. The number of halogens is 5. The Morgan fingerprint density at radius 3 is 1.83 bits per heavy atom. The van der Waals surface area contributed by atoms with E-state index in [1.165, 1.54) is 7.11 Å². The second kappa shape index (κ2) is 18.4. The fraction of sp³-hybridized carbons (Fsp3) is 0.429. The molecule has 3 aliphatic rings. The second-order valence-electron chi connectivity index (χ2n) is 19.1. The topological polar surface area (TPSA) is 198 Å². The van der Waals surface area contributed by atoms with E-state index in [1.807, 2.05) is 67.3 Å². The van der Waals surface area contributed by atoms with Crippen LogP contribution in [-0.2, 0) is 19.9 Å². The molecule has 5 heterocycles. The predicted octanol–water partition coefficient (Wildman–Crippen LogP) is 10.7. The molecular weight excluding hydrogens is 938 g/mol. The van der Waals surface area contributed by atoms with E-state index in [-0.39, 0.29) is 41.7 Å². The number of carbonyl (C=O) groups is 4. The number of hydrogen-bond donors (Lipinski definition) is 6. The summed E-state index contributed by atoms with van der Waals surface area (Å²) in [5.74, 6) is -0.104. The zero-order valence-corrected chi connectivity index (χ0v) is 40.2. The molecule has 0 radical (unpaired) electrons. The van der Waals surface area contributed by atoms with Gasteiger partial charge in [0.2, 0.25) is 5.91 Å². The SMILES string of the molecule is COC(=O)N[C@H](C(=O)[C@@]1(c2ncc(-c3ccc([C@H]4CC[C@H](c5ccc(-c6cnc([C@@H]7CCCN7C(=O)[C@@H](NC(=O)O)C(C)C)[nH]6)cc5)N4c4ccc(S(F)(F)(F)(F)F)cc4)cc3)[nH]2)CCCN1)C(C)C. The van der Waals surface area contributed by atoms with Crippen molar-refractivity contribution in [3.05, 3.63) is 108 Å². The van der Waals surface area contributed by atoms with Crippen molar-refractivity contribution in [1.29, 1.82) is 0 Å². The van der Waals surface area contributed by atoms with Crippen molar-refractivity contribution in [3.8, 4) is 22.5 Å². The van der Waals surface area contributed by atoms with Crippen molar-refractivity contribution in [2.75, 3.05) is 25.1 Å². The van der Waals surface area contributed by atoms with Gasteiger partial charge in [-0.25, -0.2) is 19.6 Å². The number of ketones is 1. The first-order chi connectivity index (χ1) is 33.0. The number of likely N-dealkylation sites (tertiary alicyclic amines) is 1. The third-order valence-corrected chi connectivity index (χ3v) is 15.0. The summed E-state index contributed by atoms with van der Waals surface area (Å²) in [5.41, 5.74) is 3.66. The number of anilines is 1. The zero-order valence-electron chi connectivity index (χ0n) is 39.4. The Morgan fingerprint density at radius 2 is 1.31 bits per heavy atom. The first-order valence-corrected chi connectivity index (χ1v) is 25.3. The maximum absolute atomic E-state index is 14.2. The van der Waals surface area contributed by atoms with Crippen LogP contribution in [0.4, 0.5) is 34.7 Å². The van der Waals surface area contributed by atoms with Gasteiger partial charge in [0.1, 0.15) is 28.1 Å². The normalized spacial score (nSPS) is 22.4. The largest absolute Gasteiger partial charge is 0.465 e. The van der Waals surface area contributed by atoms with E-state index >= 15 is 0 Å².